The largest absolute Gasteiger partial charge is 0.493 e. The summed E-state index contributed by atoms with van der Waals surface area (Å²) in [5.41, 5.74) is 0.708. The van der Waals surface area contributed by atoms with Gasteiger partial charge in [-0.25, -0.2) is 0 Å². The molecule has 1 atom stereocenters. The van der Waals surface area contributed by atoms with Crippen molar-refractivity contribution in [2.24, 2.45) is 5.92 Å². The number of carbonyl (C=O) groups excluding carboxylic acids is 2. The van der Waals surface area contributed by atoms with E-state index in [-0.39, 0.29) is 35.9 Å². The molecule has 2 aliphatic carbocycles. The van der Waals surface area contributed by atoms with Crippen LogP contribution in [0.15, 0.2) is 18.2 Å². The molecule has 0 aliphatic heterocycles. The van der Waals surface area contributed by atoms with Gasteiger partial charge in [0.2, 0.25) is 11.8 Å². The minimum absolute atomic E-state index is 0.00618. The van der Waals surface area contributed by atoms with E-state index >= 15 is 0 Å². The number of halogens is 1. The standard InChI is InChI=1S/C24H35ClN2O4/c1-15(2)31-20-12-7-17(13-21(20)30-4)23(27(19-10-11-19)22(28)14-25)24(29)26-18-8-5-16(3)6-9-18/h7,12-13,15-16,18-19,23H,5-6,8-11,14H2,1-4H3,(H,26,29)/t16?,18?,23-/m0/s1. The number of ether oxygens (including phenoxy) is 2. The van der Waals surface area contributed by atoms with E-state index in [2.05, 4.69) is 12.2 Å². The van der Waals surface area contributed by atoms with E-state index < -0.39 is 6.04 Å². The summed E-state index contributed by atoms with van der Waals surface area (Å²) < 4.78 is 11.4. The Kier molecular flexibility index (Phi) is 8.09. The molecule has 3 rings (SSSR count). The first-order valence-electron chi connectivity index (χ1n) is 11.4. The lowest BCUT2D eigenvalue weighted by atomic mass is 9.87. The summed E-state index contributed by atoms with van der Waals surface area (Å²) in [5.74, 6) is 1.34. The third kappa shape index (κ3) is 6.06. The summed E-state index contributed by atoms with van der Waals surface area (Å²) in [5, 5.41) is 3.22. The smallest absolute Gasteiger partial charge is 0.247 e. The van der Waals surface area contributed by atoms with Gasteiger partial charge in [-0.2, -0.15) is 0 Å². The maximum atomic E-state index is 13.5. The Morgan fingerprint density at radius 3 is 2.35 bits per heavy atom. The van der Waals surface area contributed by atoms with Crippen LogP contribution in [0, 0.1) is 5.92 Å². The number of methoxy groups -OCH3 is 1. The summed E-state index contributed by atoms with van der Waals surface area (Å²) >= 11 is 5.94. The molecule has 0 bridgehead atoms. The van der Waals surface area contributed by atoms with Crippen molar-refractivity contribution in [2.45, 2.75) is 83.5 Å². The van der Waals surface area contributed by atoms with Gasteiger partial charge < -0.3 is 19.7 Å². The van der Waals surface area contributed by atoms with Crippen molar-refractivity contribution >= 4 is 23.4 Å². The van der Waals surface area contributed by atoms with E-state index in [9.17, 15) is 9.59 Å². The highest BCUT2D eigenvalue weighted by molar-refractivity contribution is 6.27. The van der Waals surface area contributed by atoms with Crippen molar-refractivity contribution in [1.29, 1.82) is 0 Å². The van der Waals surface area contributed by atoms with Crippen molar-refractivity contribution in [3.63, 3.8) is 0 Å². The van der Waals surface area contributed by atoms with E-state index in [1.807, 2.05) is 32.0 Å². The van der Waals surface area contributed by atoms with Crippen LogP contribution >= 0.6 is 11.6 Å². The summed E-state index contributed by atoms with van der Waals surface area (Å²) in [6.45, 7) is 6.15. The lowest BCUT2D eigenvalue weighted by Gasteiger charge is -2.34. The van der Waals surface area contributed by atoms with Crippen LogP contribution in [0.3, 0.4) is 0 Å². The van der Waals surface area contributed by atoms with E-state index in [4.69, 9.17) is 21.1 Å². The number of hydrogen-bond acceptors (Lipinski definition) is 4. The minimum atomic E-state index is -0.736. The van der Waals surface area contributed by atoms with Crippen LogP contribution in [-0.2, 0) is 9.59 Å². The molecule has 0 aromatic heterocycles. The normalized spacial score (nSPS) is 22.0. The van der Waals surface area contributed by atoms with Crippen LogP contribution in [0.5, 0.6) is 11.5 Å². The van der Waals surface area contributed by atoms with Crippen molar-refractivity contribution in [2.75, 3.05) is 13.0 Å². The molecular weight excluding hydrogens is 416 g/mol. The lowest BCUT2D eigenvalue weighted by Crippen LogP contribution is -2.48. The average Bonchev–Trinajstić information content (AvgIpc) is 3.58. The van der Waals surface area contributed by atoms with Gasteiger partial charge in [-0.3, -0.25) is 9.59 Å². The molecule has 0 saturated heterocycles. The average molecular weight is 451 g/mol. The van der Waals surface area contributed by atoms with Crippen LogP contribution in [0.2, 0.25) is 0 Å². The Bertz CT molecular complexity index is 773. The van der Waals surface area contributed by atoms with E-state index in [1.165, 1.54) is 0 Å². The summed E-state index contributed by atoms with van der Waals surface area (Å²) in [4.78, 5) is 28.0. The van der Waals surface area contributed by atoms with E-state index in [0.717, 1.165) is 38.5 Å². The molecule has 2 fully saturated rings. The lowest BCUT2D eigenvalue weighted by molar-refractivity contribution is -0.140. The molecule has 0 spiro atoms. The van der Waals surface area contributed by atoms with Crippen molar-refractivity contribution < 1.29 is 19.1 Å². The highest BCUT2D eigenvalue weighted by Crippen LogP contribution is 2.38. The molecule has 6 nitrogen and oxygen atoms in total. The number of hydrogen-bond donors (Lipinski definition) is 1. The van der Waals surface area contributed by atoms with Gasteiger partial charge in [0.1, 0.15) is 11.9 Å². The molecule has 7 heteroatoms. The molecule has 0 heterocycles. The fourth-order valence-corrected chi connectivity index (χ4v) is 4.45. The Labute approximate surface area is 190 Å². The number of nitrogens with one attached hydrogen (secondary N) is 1. The number of amides is 2. The number of rotatable bonds is 9. The first kappa shape index (κ1) is 23.7. The summed E-state index contributed by atoms with van der Waals surface area (Å²) in [6.07, 6.45) is 5.93. The van der Waals surface area contributed by atoms with Gasteiger partial charge in [0.05, 0.1) is 13.2 Å². The Balaban J connectivity index is 1.91. The van der Waals surface area contributed by atoms with Gasteiger partial charge in [0.25, 0.3) is 0 Å². The fourth-order valence-electron chi connectivity index (χ4n) is 4.31. The second-order valence-electron chi connectivity index (χ2n) is 9.11. The van der Waals surface area contributed by atoms with Crippen molar-refractivity contribution in [3.05, 3.63) is 23.8 Å². The van der Waals surface area contributed by atoms with Gasteiger partial charge in [-0.15, -0.1) is 11.6 Å². The molecule has 1 aromatic carbocycles. The maximum absolute atomic E-state index is 13.5. The molecule has 31 heavy (non-hydrogen) atoms. The molecule has 1 aromatic rings. The number of benzene rings is 1. The van der Waals surface area contributed by atoms with Crippen molar-refractivity contribution in [1.82, 2.24) is 10.2 Å². The highest BCUT2D eigenvalue weighted by atomic mass is 35.5. The van der Waals surface area contributed by atoms with Crippen molar-refractivity contribution in [3.8, 4) is 11.5 Å². The third-order valence-corrected chi connectivity index (χ3v) is 6.33. The summed E-state index contributed by atoms with van der Waals surface area (Å²) in [7, 11) is 1.58. The SMILES string of the molecule is COc1cc([C@@H](C(=O)NC2CCC(C)CC2)N(C(=O)CCl)C2CC2)ccc1OC(C)C. The van der Waals surface area contributed by atoms with Crippen LogP contribution in [-0.4, -0.2) is 47.9 Å². The van der Waals surface area contributed by atoms with Crippen LogP contribution in [0.1, 0.15) is 70.9 Å². The number of nitrogens with zero attached hydrogens (tertiary/aromatic N) is 1. The minimum Gasteiger partial charge on any atom is -0.493 e. The first-order valence-corrected chi connectivity index (χ1v) is 11.9. The Hall–Kier alpha value is -1.95. The molecule has 0 radical (unpaired) electrons. The van der Waals surface area contributed by atoms with Gasteiger partial charge in [0.15, 0.2) is 11.5 Å². The maximum Gasteiger partial charge on any atom is 0.247 e. The fraction of sp³-hybridized carbons (Fsp3) is 0.667. The van der Waals surface area contributed by atoms with E-state index in [0.29, 0.717) is 23.0 Å². The van der Waals surface area contributed by atoms with E-state index in [1.54, 1.807) is 12.0 Å². The second-order valence-corrected chi connectivity index (χ2v) is 9.38. The molecule has 2 aliphatic rings. The van der Waals surface area contributed by atoms with Crippen LogP contribution in [0.25, 0.3) is 0 Å². The Morgan fingerprint density at radius 2 is 1.81 bits per heavy atom. The third-order valence-electron chi connectivity index (χ3n) is 6.10. The van der Waals surface area contributed by atoms with Gasteiger partial charge in [0, 0.05) is 12.1 Å². The van der Waals surface area contributed by atoms with Gasteiger partial charge >= 0.3 is 0 Å². The molecule has 2 saturated carbocycles. The molecule has 1 N–H and O–H groups in total. The topological polar surface area (TPSA) is 67.9 Å². The van der Waals surface area contributed by atoms with Gasteiger partial charge in [-0.05, 0) is 76.0 Å². The molecule has 172 valence electrons. The number of carbonyl (C=O) groups is 2. The van der Waals surface area contributed by atoms with Gasteiger partial charge in [-0.1, -0.05) is 13.0 Å². The highest BCUT2D eigenvalue weighted by Gasteiger charge is 2.41. The Morgan fingerprint density at radius 1 is 1.13 bits per heavy atom. The second kappa shape index (κ2) is 10.6. The zero-order valence-corrected chi connectivity index (χ0v) is 19.8. The summed E-state index contributed by atoms with van der Waals surface area (Å²) in [6, 6.07) is 4.92. The quantitative estimate of drug-likeness (QED) is 0.564. The monoisotopic (exact) mass is 450 g/mol. The van der Waals surface area contributed by atoms with Crippen LogP contribution < -0.4 is 14.8 Å². The molecular formula is C24H35ClN2O4. The first-order chi connectivity index (χ1) is 14.8. The molecule has 0 unspecified atom stereocenters. The number of alkyl halides is 1. The zero-order valence-electron chi connectivity index (χ0n) is 19.0. The predicted octanol–water partition coefficient (Wildman–Crippen LogP) is 4.45. The predicted molar refractivity (Wildman–Crippen MR) is 122 cm³/mol. The molecule has 2 amide bonds. The zero-order chi connectivity index (χ0) is 22.5. The van der Waals surface area contributed by atoms with Crippen LogP contribution in [0.4, 0.5) is 0 Å².